The Balaban J connectivity index is 3.22. The second-order valence-corrected chi connectivity index (χ2v) is 6.17. The van der Waals surface area contributed by atoms with Crippen molar-refractivity contribution >= 4 is 10.0 Å². The standard InChI is InChI=1S/C12H20N2O3S/c1-5-17-12-7-6-11(8-10(12)9-13-2)18(15,16)14(3)4/h6-8,13H,5,9H2,1-4H3. The SMILES string of the molecule is CCOc1ccc(S(=O)(=O)N(C)C)cc1CNC. The van der Waals surface area contributed by atoms with Gasteiger partial charge in [0.25, 0.3) is 0 Å². The Morgan fingerprint density at radius 3 is 2.50 bits per heavy atom. The van der Waals surface area contributed by atoms with E-state index < -0.39 is 10.0 Å². The molecule has 1 aromatic rings. The fourth-order valence-corrected chi connectivity index (χ4v) is 2.50. The van der Waals surface area contributed by atoms with Crippen LogP contribution in [0.25, 0.3) is 0 Å². The van der Waals surface area contributed by atoms with E-state index in [4.69, 9.17) is 4.74 Å². The van der Waals surface area contributed by atoms with Crippen LogP contribution in [0.1, 0.15) is 12.5 Å². The van der Waals surface area contributed by atoms with Gasteiger partial charge in [0.15, 0.2) is 0 Å². The molecule has 0 saturated heterocycles. The van der Waals surface area contributed by atoms with Crippen molar-refractivity contribution < 1.29 is 13.2 Å². The van der Waals surface area contributed by atoms with Gasteiger partial charge >= 0.3 is 0 Å². The second kappa shape index (κ2) is 6.17. The zero-order valence-corrected chi connectivity index (χ0v) is 12.0. The predicted octanol–water partition coefficient (Wildman–Crippen LogP) is 1.05. The van der Waals surface area contributed by atoms with Crippen LogP contribution in [0.15, 0.2) is 23.1 Å². The Bertz CT molecular complexity index is 498. The van der Waals surface area contributed by atoms with Gasteiger partial charge in [-0.1, -0.05) is 0 Å². The number of sulfonamides is 1. The molecule has 0 heterocycles. The lowest BCUT2D eigenvalue weighted by molar-refractivity contribution is 0.335. The lowest BCUT2D eigenvalue weighted by Crippen LogP contribution is -2.22. The average molecular weight is 272 g/mol. The molecule has 1 aromatic carbocycles. The number of nitrogens with one attached hydrogen (secondary N) is 1. The molecule has 5 nitrogen and oxygen atoms in total. The molecule has 0 unspecified atom stereocenters. The van der Waals surface area contributed by atoms with Gasteiger partial charge in [0, 0.05) is 26.2 Å². The van der Waals surface area contributed by atoms with E-state index in [1.165, 1.54) is 18.4 Å². The van der Waals surface area contributed by atoms with E-state index in [2.05, 4.69) is 5.32 Å². The van der Waals surface area contributed by atoms with E-state index >= 15 is 0 Å². The molecular formula is C12H20N2O3S. The fourth-order valence-electron chi connectivity index (χ4n) is 1.55. The molecule has 1 N–H and O–H groups in total. The maximum atomic E-state index is 12.0. The first-order chi connectivity index (χ1) is 8.43. The van der Waals surface area contributed by atoms with E-state index in [-0.39, 0.29) is 4.90 Å². The van der Waals surface area contributed by atoms with E-state index in [1.54, 1.807) is 18.2 Å². The zero-order chi connectivity index (χ0) is 13.8. The number of hydrogen-bond acceptors (Lipinski definition) is 4. The highest BCUT2D eigenvalue weighted by molar-refractivity contribution is 7.89. The van der Waals surface area contributed by atoms with Crippen LogP contribution >= 0.6 is 0 Å². The third-order valence-corrected chi connectivity index (χ3v) is 4.29. The summed E-state index contributed by atoms with van der Waals surface area (Å²) in [6.07, 6.45) is 0. The first-order valence-corrected chi connectivity index (χ1v) is 7.20. The number of ether oxygens (including phenoxy) is 1. The van der Waals surface area contributed by atoms with Crippen LogP contribution in [0.5, 0.6) is 5.75 Å². The van der Waals surface area contributed by atoms with Crippen LogP contribution in [0.3, 0.4) is 0 Å². The molecule has 0 fully saturated rings. The summed E-state index contributed by atoms with van der Waals surface area (Å²) in [4.78, 5) is 0.279. The molecule has 0 aliphatic carbocycles. The molecule has 0 aliphatic rings. The molecule has 0 bridgehead atoms. The van der Waals surface area contributed by atoms with Crippen molar-refractivity contribution in [1.29, 1.82) is 0 Å². The van der Waals surface area contributed by atoms with Crippen molar-refractivity contribution in [1.82, 2.24) is 9.62 Å². The number of benzene rings is 1. The average Bonchev–Trinajstić information content (AvgIpc) is 2.31. The monoisotopic (exact) mass is 272 g/mol. The van der Waals surface area contributed by atoms with Crippen molar-refractivity contribution in [2.45, 2.75) is 18.4 Å². The third-order valence-electron chi connectivity index (χ3n) is 2.48. The Morgan fingerprint density at radius 2 is 2.00 bits per heavy atom. The van der Waals surface area contributed by atoms with E-state index in [0.717, 1.165) is 5.56 Å². The minimum Gasteiger partial charge on any atom is -0.494 e. The number of nitrogens with zero attached hydrogens (tertiary/aromatic N) is 1. The van der Waals surface area contributed by atoms with Gasteiger partial charge in [-0.3, -0.25) is 0 Å². The molecule has 102 valence electrons. The third kappa shape index (κ3) is 3.22. The summed E-state index contributed by atoms with van der Waals surface area (Å²) in [5.41, 5.74) is 0.835. The lowest BCUT2D eigenvalue weighted by Gasteiger charge is -2.15. The van der Waals surface area contributed by atoms with Gasteiger partial charge < -0.3 is 10.1 Å². The number of hydrogen-bond donors (Lipinski definition) is 1. The molecule has 0 atom stereocenters. The van der Waals surface area contributed by atoms with Gasteiger partial charge in [-0.05, 0) is 32.2 Å². The maximum Gasteiger partial charge on any atom is 0.242 e. The topological polar surface area (TPSA) is 58.6 Å². The van der Waals surface area contributed by atoms with Gasteiger partial charge in [0.05, 0.1) is 11.5 Å². The highest BCUT2D eigenvalue weighted by Gasteiger charge is 2.18. The Hall–Kier alpha value is -1.11. The van der Waals surface area contributed by atoms with Crippen LogP contribution in [-0.4, -0.2) is 40.5 Å². The smallest absolute Gasteiger partial charge is 0.242 e. The largest absolute Gasteiger partial charge is 0.494 e. The van der Waals surface area contributed by atoms with Crippen LogP contribution in [0.2, 0.25) is 0 Å². The zero-order valence-electron chi connectivity index (χ0n) is 11.2. The molecule has 0 spiro atoms. The normalized spacial score (nSPS) is 11.8. The minimum absolute atomic E-state index is 0.279. The van der Waals surface area contributed by atoms with E-state index in [1.807, 2.05) is 14.0 Å². The summed E-state index contributed by atoms with van der Waals surface area (Å²) in [7, 11) is 1.44. The Labute approximate surface area is 109 Å². The van der Waals surface area contributed by atoms with Crippen molar-refractivity contribution in [3.8, 4) is 5.75 Å². The fraction of sp³-hybridized carbons (Fsp3) is 0.500. The summed E-state index contributed by atoms with van der Waals surface area (Å²) in [6, 6.07) is 4.92. The van der Waals surface area contributed by atoms with Crippen LogP contribution in [0.4, 0.5) is 0 Å². The predicted molar refractivity (Wildman–Crippen MR) is 71.2 cm³/mol. The molecule has 18 heavy (non-hydrogen) atoms. The molecular weight excluding hydrogens is 252 g/mol. The van der Waals surface area contributed by atoms with Gasteiger partial charge in [0.1, 0.15) is 5.75 Å². The van der Waals surface area contributed by atoms with Crippen molar-refractivity contribution in [2.24, 2.45) is 0 Å². The molecule has 6 heteroatoms. The maximum absolute atomic E-state index is 12.0. The summed E-state index contributed by atoms with van der Waals surface area (Å²) in [6.45, 7) is 3.01. The number of rotatable bonds is 6. The molecule has 0 radical (unpaired) electrons. The molecule has 0 saturated carbocycles. The molecule has 0 amide bonds. The van der Waals surface area contributed by atoms with Gasteiger partial charge in [-0.15, -0.1) is 0 Å². The van der Waals surface area contributed by atoms with Crippen LogP contribution in [-0.2, 0) is 16.6 Å². The Morgan fingerprint density at radius 1 is 1.33 bits per heavy atom. The van der Waals surface area contributed by atoms with E-state index in [0.29, 0.717) is 18.9 Å². The molecule has 0 aliphatic heterocycles. The van der Waals surface area contributed by atoms with Crippen LogP contribution < -0.4 is 10.1 Å². The van der Waals surface area contributed by atoms with Crippen molar-refractivity contribution in [3.05, 3.63) is 23.8 Å². The highest BCUT2D eigenvalue weighted by atomic mass is 32.2. The molecule has 0 aromatic heterocycles. The summed E-state index contributed by atoms with van der Waals surface area (Å²) in [5, 5.41) is 3.00. The highest BCUT2D eigenvalue weighted by Crippen LogP contribution is 2.24. The molecule has 1 rings (SSSR count). The van der Waals surface area contributed by atoms with E-state index in [9.17, 15) is 8.42 Å². The van der Waals surface area contributed by atoms with Crippen molar-refractivity contribution in [2.75, 3.05) is 27.7 Å². The van der Waals surface area contributed by atoms with Crippen molar-refractivity contribution in [3.63, 3.8) is 0 Å². The van der Waals surface area contributed by atoms with Gasteiger partial charge in [-0.2, -0.15) is 0 Å². The van der Waals surface area contributed by atoms with Gasteiger partial charge in [-0.25, -0.2) is 12.7 Å². The Kier molecular flexibility index (Phi) is 5.13. The first-order valence-electron chi connectivity index (χ1n) is 5.76. The second-order valence-electron chi connectivity index (χ2n) is 4.02. The summed E-state index contributed by atoms with van der Waals surface area (Å²) in [5.74, 6) is 0.713. The van der Waals surface area contributed by atoms with Crippen LogP contribution in [0, 0.1) is 0 Å². The summed E-state index contributed by atoms with van der Waals surface area (Å²) < 4.78 is 30.7. The quantitative estimate of drug-likeness (QED) is 0.841. The first kappa shape index (κ1) is 14.9. The van der Waals surface area contributed by atoms with Gasteiger partial charge in [0.2, 0.25) is 10.0 Å². The lowest BCUT2D eigenvalue weighted by atomic mass is 10.2. The summed E-state index contributed by atoms with van der Waals surface area (Å²) >= 11 is 0. The minimum atomic E-state index is -3.40.